The summed E-state index contributed by atoms with van der Waals surface area (Å²) < 4.78 is 18.4. The SMILES string of the molecule is CC[C@@H]1[C@@H]2CN(C(=O)[C@H](C(C)(C)C)CC(=O)O[C@]3(CC4CC4)C[C@H]3CCCCCc3nc4ccc(OC)cc4nc3O2)[C@@H]1C=O. The summed E-state index contributed by atoms with van der Waals surface area (Å²) in [6, 6.07) is 5.00. The highest BCUT2D eigenvalue weighted by Crippen LogP contribution is 2.57. The van der Waals surface area contributed by atoms with Crippen molar-refractivity contribution in [2.45, 2.75) is 116 Å². The van der Waals surface area contributed by atoms with Crippen LogP contribution in [-0.2, 0) is 25.5 Å². The van der Waals surface area contributed by atoms with Gasteiger partial charge in [0.05, 0.1) is 43.1 Å². The van der Waals surface area contributed by atoms with Crippen molar-refractivity contribution in [3.05, 3.63) is 23.9 Å². The summed E-state index contributed by atoms with van der Waals surface area (Å²) in [7, 11) is 1.62. The molecule has 2 aliphatic heterocycles. The van der Waals surface area contributed by atoms with Crippen molar-refractivity contribution in [2.24, 2.45) is 29.1 Å². The average Bonchev–Trinajstić information content (AvgIpc) is 3.91. The molecule has 1 aromatic carbocycles. The lowest BCUT2D eigenvalue weighted by molar-refractivity contribution is -0.159. The number of aryl methyl sites for hydroxylation is 1. The van der Waals surface area contributed by atoms with Crippen LogP contribution in [-0.4, -0.2) is 64.4 Å². The standard InChI is InChI=1S/C36H49N3O6/c1-6-25-30(21-40)39-20-31(25)44-33-28(37-27-15-14-24(43-5)16-29(27)38-33)11-9-7-8-10-23-19-36(23,18-22-12-13-22)45-32(41)17-26(34(39)42)35(2,3)4/h14-16,21-23,25-26,30-31H,6-13,17-20H2,1-5H3/t23-,25+,26-,30-,31+,36-/m1/s1. The molecule has 6 atom stereocenters. The average molecular weight is 620 g/mol. The van der Waals surface area contributed by atoms with Gasteiger partial charge in [-0.15, -0.1) is 0 Å². The van der Waals surface area contributed by atoms with Crippen LogP contribution in [0.4, 0.5) is 0 Å². The monoisotopic (exact) mass is 619 g/mol. The summed E-state index contributed by atoms with van der Waals surface area (Å²) in [4.78, 5) is 52.1. The van der Waals surface area contributed by atoms with Crippen LogP contribution in [0.15, 0.2) is 18.2 Å². The van der Waals surface area contributed by atoms with Gasteiger partial charge in [-0.25, -0.2) is 9.97 Å². The molecule has 0 N–H and O–H groups in total. The number of carbonyl (C=O) groups is 3. The first kappa shape index (κ1) is 31.7. The van der Waals surface area contributed by atoms with E-state index in [0.29, 0.717) is 41.8 Å². The Morgan fingerprint density at radius 1 is 1.09 bits per heavy atom. The number of ether oxygens (including phenoxy) is 3. The van der Waals surface area contributed by atoms with Crippen LogP contribution in [0.2, 0.25) is 0 Å². The van der Waals surface area contributed by atoms with Crippen molar-refractivity contribution in [2.75, 3.05) is 13.7 Å². The third-order valence-corrected chi connectivity index (χ3v) is 10.7. The van der Waals surface area contributed by atoms with E-state index in [0.717, 1.165) is 56.0 Å². The Bertz CT molecular complexity index is 1430. The van der Waals surface area contributed by atoms with Gasteiger partial charge in [-0.1, -0.05) is 53.4 Å². The normalized spacial score (nSPS) is 31.2. The number of fused-ring (bicyclic) bond motifs is 5. The molecule has 0 radical (unpaired) electrons. The van der Waals surface area contributed by atoms with E-state index in [2.05, 4.69) is 0 Å². The lowest BCUT2D eigenvalue weighted by Crippen LogP contribution is -2.46. The third-order valence-electron chi connectivity index (χ3n) is 10.7. The van der Waals surface area contributed by atoms with Gasteiger partial charge in [-0.05, 0) is 62.0 Å². The van der Waals surface area contributed by atoms with E-state index in [4.69, 9.17) is 24.2 Å². The molecule has 1 saturated heterocycles. The summed E-state index contributed by atoms with van der Waals surface area (Å²) in [5.41, 5.74) is 1.37. The Morgan fingerprint density at radius 3 is 2.58 bits per heavy atom. The van der Waals surface area contributed by atoms with Gasteiger partial charge in [0, 0.05) is 17.9 Å². The van der Waals surface area contributed by atoms with Gasteiger partial charge in [0.2, 0.25) is 11.8 Å². The maximum atomic E-state index is 14.3. The molecule has 45 heavy (non-hydrogen) atoms. The van der Waals surface area contributed by atoms with E-state index in [-0.39, 0.29) is 36.4 Å². The number of rotatable bonds is 5. The highest BCUT2D eigenvalue weighted by molar-refractivity contribution is 5.87. The van der Waals surface area contributed by atoms with Gasteiger partial charge in [0.25, 0.3) is 0 Å². The summed E-state index contributed by atoms with van der Waals surface area (Å²) in [5, 5.41) is 0. The molecule has 9 heteroatoms. The van der Waals surface area contributed by atoms with E-state index in [1.807, 2.05) is 45.9 Å². The Labute approximate surface area is 266 Å². The number of aromatic nitrogens is 2. The number of nitrogens with zero attached hydrogens (tertiary/aromatic N) is 3. The van der Waals surface area contributed by atoms with Crippen LogP contribution in [0.5, 0.6) is 11.6 Å². The van der Waals surface area contributed by atoms with Crippen LogP contribution < -0.4 is 9.47 Å². The van der Waals surface area contributed by atoms with Crippen molar-refractivity contribution in [3.8, 4) is 11.6 Å². The summed E-state index contributed by atoms with van der Waals surface area (Å²) in [5.74, 6) is 0.843. The van der Waals surface area contributed by atoms with Crippen LogP contribution in [0.25, 0.3) is 11.0 Å². The molecule has 0 spiro atoms. The van der Waals surface area contributed by atoms with Crippen molar-refractivity contribution >= 4 is 29.2 Å². The molecule has 244 valence electrons. The molecule has 9 nitrogen and oxygen atoms in total. The number of benzene rings is 1. The fraction of sp³-hybridized carbons (Fsp3) is 0.694. The van der Waals surface area contributed by atoms with Gasteiger partial charge in [-0.3, -0.25) is 9.59 Å². The van der Waals surface area contributed by atoms with Gasteiger partial charge in [0.15, 0.2) is 0 Å². The Morgan fingerprint density at radius 2 is 1.89 bits per heavy atom. The van der Waals surface area contributed by atoms with Crippen LogP contribution in [0.1, 0.15) is 97.6 Å². The maximum Gasteiger partial charge on any atom is 0.307 e. The van der Waals surface area contributed by atoms with Gasteiger partial charge in [0.1, 0.15) is 29.4 Å². The summed E-state index contributed by atoms with van der Waals surface area (Å²) in [6.07, 6.45) is 10.1. The van der Waals surface area contributed by atoms with E-state index < -0.39 is 23.5 Å². The van der Waals surface area contributed by atoms with Crippen LogP contribution in [0.3, 0.4) is 0 Å². The minimum atomic E-state index is -0.651. The predicted molar refractivity (Wildman–Crippen MR) is 170 cm³/mol. The predicted octanol–water partition coefficient (Wildman–Crippen LogP) is 6.09. The summed E-state index contributed by atoms with van der Waals surface area (Å²) in [6.45, 7) is 8.21. The maximum absolute atomic E-state index is 14.3. The molecular formula is C36H49N3O6. The van der Waals surface area contributed by atoms with Crippen LogP contribution in [0, 0.1) is 29.1 Å². The highest BCUT2D eigenvalue weighted by Gasteiger charge is 2.59. The number of amides is 1. The molecule has 3 fully saturated rings. The first-order valence-electron chi connectivity index (χ1n) is 17.0. The summed E-state index contributed by atoms with van der Waals surface area (Å²) >= 11 is 0. The molecule has 1 aromatic heterocycles. The van der Waals surface area contributed by atoms with E-state index in [1.165, 1.54) is 12.8 Å². The minimum Gasteiger partial charge on any atom is -0.497 e. The molecule has 1 amide bonds. The van der Waals surface area contributed by atoms with Crippen molar-refractivity contribution in [1.82, 2.24) is 14.9 Å². The van der Waals surface area contributed by atoms with E-state index in [9.17, 15) is 14.4 Å². The Hall–Kier alpha value is -3.23. The first-order valence-corrected chi connectivity index (χ1v) is 17.0. The zero-order valence-corrected chi connectivity index (χ0v) is 27.5. The number of methoxy groups -OCH3 is 1. The molecule has 2 aromatic rings. The van der Waals surface area contributed by atoms with Gasteiger partial charge >= 0.3 is 5.97 Å². The third kappa shape index (κ3) is 6.68. The smallest absolute Gasteiger partial charge is 0.307 e. The molecule has 2 aliphatic carbocycles. The minimum absolute atomic E-state index is 0.00793. The van der Waals surface area contributed by atoms with Crippen LogP contribution >= 0.6 is 0 Å². The fourth-order valence-corrected chi connectivity index (χ4v) is 7.73. The van der Waals surface area contributed by atoms with Crippen molar-refractivity contribution < 1.29 is 28.6 Å². The fourth-order valence-electron chi connectivity index (χ4n) is 7.73. The quantitative estimate of drug-likeness (QED) is 0.292. The van der Waals surface area contributed by atoms with Crippen molar-refractivity contribution in [1.29, 1.82) is 0 Å². The van der Waals surface area contributed by atoms with Crippen molar-refractivity contribution in [3.63, 3.8) is 0 Å². The second kappa shape index (κ2) is 12.5. The zero-order valence-electron chi connectivity index (χ0n) is 27.5. The molecule has 2 saturated carbocycles. The Balaban J connectivity index is 1.35. The lowest BCUT2D eigenvalue weighted by atomic mass is 9.77. The number of hydrogen-bond acceptors (Lipinski definition) is 8. The number of aldehydes is 1. The van der Waals surface area contributed by atoms with E-state index >= 15 is 0 Å². The zero-order chi connectivity index (χ0) is 31.9. The highest BCUT2D eigenvalue weighted by atomic mass is 16.6. The molecule has 4 aliphatic rings. The second-order valence-electron chi connectivity index (χ2n) is 15.0. The topological polar surface area (TPSA) is 108 Å². The Kier molecular flexibility index (Phi) is 8.83. The number of carbonyl (C=O) groups excluding carboxylic acids is 3. The second-order valence-corrected chi connectivity index (χ2v) is 15.0. The molecule has 3 heterocycles. The molecule has 0 unspecified atom stereocenters. The van der Waals surface area contributed by atoms with E-state index in [1.54, 1.807) is 12.0 Å². The molecule has 6 rings (SSSR count). The first-order chi connectivity index (χ1) is 21.5. The number of esters is 1. The lowest BCUT2D eigenvalue weighted by Gasteiger charge is -2.34. The molecule has 2 bridgehead atoms. The van der Waals surface area contributed by atoms with Gasteiger partial charge < -0.3 is 23.9 Å². The molecular weight excluding hydrogens is 570 g/mol. The largest absolute Gasteiger partial charge is 0.497 e. The number of hydrogen-bond donors (Lipinski definition) is 0. The van der Waals surface area contributed by atoms with Gasteiger partial charge in [-0.2, -0.15) is 0 Å².